The van der Waals surface area contributed by atoms with E-state index < -0.39 is 0 Å². The lowest BCUT2D eigenvalue weighted by atomic mass is 9.90. The molecular formula is C20H28N4O2. The van der Waals surface area contributed by atoms with Gasteiger partial charge in [0.25, 0.3) is 0 Å². The zero-order chi connectivity index (χ0) is 17.8. The van der Waals surface area contributed by atoms with Gasteiger partial charge in [-0.25, -0.2) is 9.97 Å². The second-order valence-corrected chi connectivity index (χ2v) is 7.72. The van der Waals surface area contributed by atoms with Gasteiger partial charge in [-0.05, 0) is 57.4 Å². The number of nitrogens with one attached hydrogen (secondary N) is 1. The lowest BCUT2D eigenvalue weighted by molar-refractivity contribution is -0.133. The Kier molecular flexibility index (Phi) is 5.20. The zero-order valence-corrected chi connectivity index (χ0v) is 15.3. The van der Waals surface area contributed by atoms with Gasteiger partial charge in [-0.15, -0.1) is 0 Å². The SMILES string of the molecule is O=C(C1=CCCCC1)N1CC[C@]2(CCC[C@H](CNc3ncccn3)O2)C1. The molecule has 2 fully saturated rings. The molecule has 3 aliphatic rings. The molecule has 1 spiro atoms. The number of carbonyl (C=O) groups is 1. The summed E-state index contributed by atoms with van der Waals surface area (Å²) in [6, 6.07) is 1.81. The van der Waals surface area contributed by atoms with Crippen molar-refractivity contribution in [1.29, 1.82) is 0 Å². The van der Waals surface area contributed by atoms with Gasteiger partial charge in [0.1, 0.15) is 0 Å². The third-order valence-corrected chi connectivity index (χ3v) is 5.80. The van der Waals surface area contributed by atoms with Crippen LogP contribution in [0.2, 0.25) is 0 Å². The first-order valence-corrected chi connectivity index (χ1v) is 9.91. The monoisotopic (exact) mass is 356 g/mol. The van der Waals surface area contributed by atoms with Crippen molar-refractivity contribution in [3.05, 3.63) is 30.1 Å². The predicted molar refractivity (Wildman–Crippen MR) is 99.7 cm³/mol. The summed E-state index contributed by atoms with van der Waals surface area (Å²) >= 11 is 0. The molecule has 2 aliphatic heterocycles. The van der Waals surface area contributed by atoms with Gasteiger partial charge in [-0.3, -0.25) is 4.79 Å². The summed E-state index contributed by atoms with van der Waals surface area (Å²) in [5.41, 5.74) is 0.857. The fourth-order valence-electron chi connectivity index (χ4n) is 4.42. The fraction of sp³-hybridized carbons (Fsp3) is 0.650. The van der Waals surface area contributed by atoms with Gasteiger partial charge >= 0.3 is 0 Å². The van der Waals surface area contributed by atoms with Gasteiger partial charge in [0.05, 0.1) is 18.2 Å². The Bertz CT molecular complexity index is 663. The van der Waals surface area contributed by atoms with E-state index in [4.69, 9.17) is 4.74 Å². The highest BCUT2D eigenvalue weighted by Crippen LogP contribution is 2.37. The summed E-state index contributed by atoms with van der Waals surface area (Å²) in [6.07, 6.45) is 14.3. The van der Waals surface area contributed by atoms with E-state index in [-0.39, 0.29) is 17.6 Å². The van der Waals surface area contributed by atoms with Gasteiger partial charge in [0.2, 0.25) is 11.9 Å². The van der Waals surface area contributed by atoms with Gasteiger partial charge in [-0.1, -0.05) is 6.08 Å². The number of likely N-dealkylation sites (tertiary alicyclic amines) is 1. The van der Waals surface area contributed by atoms with Crippen molar-refractivity contribution in [2.75, 3.05) is 25.0 Å². The van der Waals surface area contributed by atoms with Crippen LogP contribution in [0.25, 0.3) is 0 Å². The fourth-order valence-corrected chi connectivity index (χ4v) is 4.42. The number of rotatable bonds is 4. The van der Waals surface area contributed by atoms with Crippen LogP contribution in [0.3, 0.4) is 0 Å². The number of nitrogens with zero attached hydrogens (tertiary/aromatic N) is 3. The van der Waals surface area contributed by atoms with Gasteiger partial charge in [0, 0.05) is 31.1 Å². The van der Waals surface area contributed by atoms with Crippen molar-refractivity contribution in [1.82, 2.24) is 14.9 Å². The first-order chi connectivity index (χ1) is 12.7. The first kappa shape index (κ1) is 17.5. The molecule has 0 radical (unpaired) electrons. The molecule has 1 aromatic heterocycles. The normalized spacial score (nSPS) is 28.8. The molecule has 140 valence electrons. The predicted octanol–water partition coefficient (Wildman–Crippen LogP) is 2.93. The minimum atomic E-state index is -0.160. The van der Waals surface area contributed by atoms with Crippen molar-refractivity contribution in [2.45, 2.75) is 63.1 Å². The lowest BCUT2D eigenvalue weighted by Gasteiger charge is -2.38. The Morgan fingerprint density at radius 2 is 2.15 bits per heavy atom. The molecule has 1 N–H and O–H groups in total. The molecule has 1 aromatic rings. The Labute approximate surface area is 155 Å². The molecule has 26 heavy (non-hydrogen) atoms. The number of anilines is 1. The average Bonchev–Trinajstić information content (AvgIpc) is 3.10. The molecule has 6 heteroatoms. The number of hydrogen-bond donors (Lipinski definition) is 1. The quantitative estimate of drug-likeness (QED) is 0.898. The van der Waals surface area contributed by atoms with Gasteiger partial charge < -0.3 is 15.0 Å². The highest BCUT2D eigenvalue weighted by Gasteiger charge is 2.44. The third kappa shape index (κ3) is 3.90. The van der Waals surface area contributed by atoms with Gasteiger partial charge in [-0.2, -0.15) is 0 Å². The van der Waals surface area contributed by atoms with Crippen LogP contribution < -0.4 is 5.32 Å². The number of hydrogen-bond acceptors (Lipinski definition) is 5. The van der Waals surface area contributed by atoms with E-state index in [9.17, 15) is 4.79 Å². The first-order valence-electron chi connectivity index (χ1n) is 9.91. The van der Waals surface area contributed by atoms with Crippen LogP contribution >= 0.6 is 0 Å². The van der Waals surface area contributed by atoms with Crippen molar-refractivity contribution < 1.29 is 9.53 Å². The second-order valence-electron chi connectivity index (χ2n) is 7.72. The van der Waals surface area contributed by atoms with Gasteiger partial charge in [0.15, 0.2) is 0 Å². The molecule has 0 saturated carbocycles. The van der Waals surface area contributed by atoms with E-state index in [0.717, 1.165) is 63.6 Å². The van der Waals surface area contributed by atoms with Crippen LogP contribution in [0.15, 0.2) is 30.1 Å². The highest BCUT2D eigenvalue weighted by atomic mass is 16.5. The molecule has 3 heterocycles. The maximum Gasteiger partial charge on any atom is 0.249 e. The molecular weight excluding hydrogens is 328 g/mol. The molecule has 0 aromatic carbocycles. The van der Waals surface area contributed by atoms with Crippen molar-refractivity contribution in [2.24, 2.45) is 0 Å². The standard InChI is InChI=1S/C20H28N4O2/c25-18(16-6-2-1-3-7-16)24-13-10-20(15-24)9-4-8-17(26-20)14-23-19-21-11-5-12-22-19/h5-6,11-12,17H,1-4,7-10,13-15H2,(H,21,22,23)/t17-,20-/m1/s1. The Morgan fingerprint density at radius 3 is 2.96 bits per heavy atom. The maximum absolute atomic E-state index is 12.8. The molecule has 1 aliphatic carbocycles. The third-order valence-electron chi connectivity index (χ3n) is 5.80. The summed E-state index contributed by atoms with van der Waals surface area (Å²) in [4.78, 5) is 23.2. The van der Waals surface area contributed by atoms with E-state index >= 15 is 0 Å². The Morgan fingerprint density at radius 1 is 1.27 bits per heavy atom. The number of aromatic nitrogens is 2. The summed E-state index contributed by atoms with van der Waals surface area (Å²) < 4.78 is 6.49. The van der Waals surface area contributed by atoms with Crippen LogP contribution in [0.1, 0.15) is 51.4 Å². The molecule has 4 rings (SSSR count). The van der Waals surface area contributed by atoms with E-state index in [1.165, 1.54) is 6.42 Å². The van der Waals surface area contributed by atoms with E-state index in [2.05, 4.69) is 21.4 Å². The second kappa shape index (κ2) is 7.74. The van der Waals surface area contributed by atoms with Crippen molar-refractivity contribution in [3.8, 4) is 0 Å². The van der Waals surface area contributed by atoms with Crippen molar-refractivity contribution in [3.63, 3.8) is 0 Å². The van der Waals surface area contributed by atoms with Crippen LogP contribution in [0.5, 0.6) is 0 Å². The Balaban J connectivity index is 1.33. The lowest BCUT2D eigenvalue weighted by Crippen LogP contribution is -2.46. The van der Waals surface area contributed by atoms with E-state index in [1.807, 2.05) is 11.0 Å². The van der Waals surface area contributed by atoms with E-state index in [1.54, 1.807) is 12.4 Å². The van der Waals surface area contributed by atoms with Crippen LogP contribution in [-0.4, -0.2) is 52.1 Å². The zero-order valence-electron chi connectivity index (χ0n) is 15.3. The van der Waals surface area contributed by atoms with E-state index in [0.29, 0.717) is 12.5 Å². The highest BCUT2D eigenvalue weighted by molar-refractivity contribution is 5.93. The molecule has 0 bridgehead atoms. The number of amides is 1. The summed E-state index contributed by atoms with van der Waals surface area (Å²) in [5.74, 6) is 0.881. The number of allylic oxidation sites excluding steroid dienone is 1. The molecule has 6 nitrogen and oxygen atoms in total. The maximum atomic E-state index is 12.8. The molecule has 1 amide bonds. The molecule has 2 atom stereocenters. The minimum absolute atomic E-state index is 0.150. The topological polar surface area (TPSA) is 67.4 Å². The average molecular weight is 356 g/mol. The largest absolute Gasteiger partial charge is 0.368 e. The van der Waals surface area contributed by atoms with Crippen LogP contribution in [-0.2, 0) is 9.53 Å². The van der Waals surface area contributed by atoms with Crippen LogP contribution in [0.4, 0.5) is 5.95 Å². The van der Waals surface area contributed by atoms with Crippen molar-refractivity contribution >= 4 is 11.9 Å². The Hall–Kier alpha value is -1.95. The molecule has 0 unspecified atom stereocenters. The number of ether oxygens (including phenoxy) is 1. The smallest absolute Gasteiger partial charge is 0.249 e. The summed E-state index contributed by atoms with van der Waals surface area (Å²) in [5, 5.41) is 3.27. The number of carbonyl (C=O) groups excluding carboxylic acids is 1. The molecule has 2 saturated heterocycles. The van der Waals surface area contributed by atoms with Crippen LogP contribution in [0, 0.1) is 0 Å². The summed E-state index contributed by atoms with van der Waals surface area (Å²) in [7, 11) is 0. The summed E-state index contributed by atoms with van der Waals surface area (Å²) in [6.45, 7) is 2.27. The minimum Gasteiger partial charge on any atom is -0.368 e.